The fourth-order valence-corrected chi connectivity index (χ4v) is 3.96. The van der Waals surface area contributed by atoms with Crippen molar-refractivity contribution in [2.75, 3.05) is 10.6 Å². The highest BCUT2D eigenvalue weighted by Crippen LogP contribution is 2.18. The van der Waals surface area contributed by atoms with Crippen molar-refractivity contribution in [1.29, 1.82) is 0 Å². The van der Waals surface area contributed by atoms with Crippen LogP contribution in [0, 0.1) is 11.6 Å². The second-order valence-corrected chi connectivity index (χ2v) is 8.51. The van der Waals surface area contributed by atoms with E-state index in [-0.39, 0.29) is 11.6 Å². The van der Waals surface area contributed by atoms with Crippen molar-refractivity contribution in [1.82, 2.24) is 9.97 Å². The fourth-order valence-electron chi connectivity index (χ4n) is 3.10. The predicted molar refractivity (Wildman–Crippen MR) is 131 cm³/mol. The van der Waals surface area contributed by atoms with Gasteiger partial charge in [-0.3, -0.25) is 9.97 Å². The molecule has 4 rings (SSSR count). The number of thioether (sulfide) groups is 1. The molecule has 2 heterocycles. The minimum absolute atomic E-state index is 0.230. The van der Waals surface area contributed by atoms with Gasteiger partial charge in [-0.25, -0.2) is 8.78 Å². The molecule has 2 aromatic heterocycles. The van der Waals surface area contributed by atoms with E-state index in [1.54, 1.807) is 36.0 Å². The lowest BCUT2D eigenvalue weighted by atomic mass is 10.2. The third-order valence-corrected chi connectivity index (χ3v) is 5.97. The summed E-state index contributed by atoms with van der Waals surface area (Å²) < 4.78 is 25.9. The first-order valence-corrected chi connectivity index (χ1v) is 11.7. The number of pyridine rings is 2. The minimum Gasteiger partial charge on any atom is -0.380 e. The van der Waals surface area contributed by atoms with Crippen molar-refractivity contribution < 1.29 is 8.78 Å². The first-order chi connectivity index (χ1) is 16.1. The molecule has 33 heavy (non-hydrogen) atoms. The number of rotatable bonds is 10. The Labute approximate surface area is 196 Å². The van der Waals surface area contributed by atoms with Gasteiger partial charge in [0.25, 0.3) is 0 Å². The summed E-state index contributed by atoms with van der Waals surface area (Å²) in [6, 6.07) is 20.9. The molecule has 4 aromatic rings. The van der Waals surface area contributed by atoms with Crippen LogP contribution in [0.5, 0.6) is 0 Å². The smallest absolute Gasteiger partial charge is 0.123 e. The third kappa shape index (κ3) is 7.29. The van der Waals surface area contributed by atoms with Crippen LogP contribution in [0.15, 0.2) is 85.2 Å². The van der Waals surface area contributed by atoms with E-state index in [1.165, 1.54) is 24.3 Å². The van der Waals surface area contributed by atoms with Gasteiger partial charge in [-0.2, -0.15) is 0 Å². The van der Waals surface area contributed by atoms with Gasteiger partial charge in [-0.05, 0) is 59.7 Å². The Balaban J connectivity index is 1.18. The molecule has 0 bridgehead atoms. The molecule has 0 amide bonds. The van der Waals surface area contributed by atoms with Gasteiger partial charge in [-0.1, -0.05) is 24.3 Å². The van der Waals surface area contributed by atoms with Gasteiger partial charge < -0.3 is 10.6 Å². The van der Waals surface area contributed by atoms with Gasteiger partial charge in [-0.15, -0.1) is 11.8 Å². The monoisotopic (exact) mass is 462 g/mol. The van der Waals surface area contributed by atoms with Crippen molar-refractivity contribution in [3.8, 4) is 0 Å². The highest BCUT2D eigenvalue weighted by molar-refractivity contribution is 7.97. The number of aromatic nitrogens is 2. The Morgan fingerprint density at radius 1 is 0.576 bits per heavy atom. The summed E-state index contributed by atoms with van der Waals surface area (Å²) in [5.41, 5.74) is 5.90. The van der Waals surface area contributed by atoms with Crippen LogP contribution in [0.2, 0.25) is 0 Å². The van der Waals surface area contributed by atoms with E-state index < -0.39 is 0 Å². The summed E-state index contributed by atoms with van der Waals surface area (Å²) in [6.45, 7) is 1.24. The number of anilines is 2. The Kier molecular flexibility index (Phi) is 7.87. The summed E-state index contributed by atoms with van der Waals surface area (Å²) in [7, 11) is 0. The Bertz CT molecular complexity index is 1040. The number of halogens is 2. The first-order valence-electron chi connectivity index (χ1n) is 10.6. The van der Waals surface area contributed by atoms with E-state index in [4.69, 9.17) is 0 Å². The van der Waals surface area contributed by atoms with Crippen LogP contribution < -0.4 is 10.6 Å². The molecule has 0 unspecified atom stereocenters. The van der Waals surface area contributed by atoms with Crippen LogP contribution >= 0.6 is 11.8 Å². The van der Waals surface area contributed by atoms with Gasteiger partial charge in [0.15, 0.2) is 0 Å². The zero-order chi connectivity index (χ0) is 22.9. The maximum absolute atomic E-state index is 13.0. The summed E-state index contributed by atoms with van der Waals surface area (Å²) >= 11 is 1.76. The lowest BCUT2D eigenvalue weighted by molar-refractivity contribution is 0.626. The van der Waals surface area contributed by atoms with E-state index in [9.17, 15) is 8.78 Å². The van der Waals surface area contributed by atoms with Gasteiger partial charge in [0.2, 0.25) is 0 Å². The number of benzene rings is 2. The zero-order valence-electron chi connectivity index (χ0n) is 18.0. The van der Waals surface area contributed by atoms with Crippen LogP contribution in [0.3, 0.4) is 0 Å². The van der Waals surface area contributed by atoms with Gasteiger partial charge in [0.1, 0.15) is 11.6 Å². The SMILES string of the molecule is Fc1ccc(CNc2ccc(CSCc3ccc(NCc4ccc(F)cc4)cn3)nc2)cc1. The van der Waals surface area contributed by atoms with E-state index in [2.05, 4.69) is 20.6 Å². The van der Waals surface area contributed by atoms with Gasteiger partial charge in [0, 0.05) is 24.6 Å². The summed E-state index contributed by atoms with van der Waals surface area (Å²) in [4.78, 5) is 9.02. The molecule has 0 saturated carbocycles. The van der Waals surface area contributed by atoms with Crippen molar-refractivity contribution in [2.24, 2.45) is 0 Å². The topological polar surface area (TPSA) is 49.8 Å². The molecule has 168 valence electrons. The molecule has 0 saturated heterocycles. The average Bonchev–Trinajstić information content (AvgIpc) is 2.85. The molecule has 2 N–H and O–H groups in total. The molecule has 2 aromatic carbocycles. The van der Waals surface area contributed by atoms with Crippen LogP contribution in [-0.4, -0.2) is 9.97 Å². The molecule has 4 nitrogen and oxygen atoms in total. The highest BCUT2D eigenvalue weighted by atomic mass is 32.2. The first kappa shape index (κ1) is 22.7. The Morgan fingerprint density at radius 2 is 1.00 bits per heavy atom. The zero-order valence-corrected chi connectivity index (χ0v) is 18.8. The molecular formula is C26H24F2N4S. The van der Waals surface area contributed by atoms with Crippen molar-refractivity contribution in [2.45, 2.75) is 24.6 Å². The largest absolute Gasteiger partial charge is 0.380 e. The second-order valence-electron chi connectivity index (χ2n) is 7.53. The third-order valence-electron chi connectivity index (χ3n) is 4.97. The predicted octanol–water partition coefficient (Wildman–Crippen LogP) is 6.41. The Hall–Kier alpha value is -3.45. The normalized spacial score (nSPS) is 10.7. The second kappa shape index (κ2) is 11.4. The van der Waals surface area contributed by atoms with Crippen LogP contribution in [0.25, 0.3) is 0 Å². The van der Waals surface area contributed by atoms with Crippen molar-refractivity contribution in [3.63, 3.8) is 0 Å². The van der Waals surface area contributed by atoms with E-state index in [1.807, 2.05) is 36.7 Å². The summed E-state index contributed by atoms with van der Waals surface area (Å²) in [6.07, 6.45) is 3.64. The van der Waals surface area contributed by atoms with E-state index in [0.717, 1.165) is 45.4 Å². The molecule has 0 radical (unpaired) electrons. The number of hydrogen-bond acceptors (Lipinski definition) is 5. The molecule has 0 fully saturated rings. The number of hydrogen-bond donors (Lipinski definition) is 2. The van der Waals surface area contributed by atoms with Crippen molar-refractivity contribution in [3.05, 3.63) is 119 Å². The molecule has 7 heteroatoms. The maximum atomic E-state index is 13.0. The number of nitrogens with one attached hydrogen (secondary N) is 2. The quantitative estimate of drug-likeness (QED) is 0.285. The molecular weight excluding hydrogens is 438 g/mol. The molecule has 0 atom stereocenters. The van der Waals surface area contributed by atoms with E-state index >= 15 is 0 Å². The summed E-state index contributed by atoms with van der Waals surface area (Å²) in [5.74, 6) is 1.13. The molecule has 0 aliphatic heterocycles. The lowest BCUT2D eigenvalue weighted by Crippen LogP contribution is -2.01. The van der Waals surface area contributed by atoms with Crippen molar-refractivity contribution >= 4 is 23.1 Å². The summed E-state index contributed by atoms with van der Waals surface area (Å²) in [5, 5.41) is 6.59. The fraction of sp³-hybridized carbons (Fsp3) is 0.154. The maximum Gasteiger partial charge on any atom is 0.123 e. The van der Waals surface area contributed by atoms with Gasteiger partial charge >= 0.3 is 0 Å². The highest BCUT2D eigenvalue weighted by Gasteiger charge is 2.01. The Morgan fingerprint density at radius 3 is 1.36 bits per heavy atom. The molecule has 0 aliphatic rings. The van der Waals surface area contributed by atoms with Gasteiger partial charge in [0.05, 0.1) is 35.2 Å². The van der Waals surface area contributed by atoms with Crippen LogP contribution in [0.1, 0.15) is 22.5 Å². The van der Waals surface area contributed by atoms with Crippen LogP contribution in [0.4, 0.5) is 20.2 Å². The molecule has 0 aliphatic carbocycles. The number of nitrogens with zero attached hydrogens (tertiary/aromatic N) is 2. The van der Waals surface area contributed by atoms with Crippen LogP contribution in [-0.2, 0) is 24.6 Å². The standard InChI is InChI=1S/C26H24F2N4S/c27-21-5-1-19(2-6-21)13-29-23-9-11-25(31-15-23)17-33-18-26-12-10-24(16-32-26)30-14-20-3-7-22(28)8-4-20/h1-12,15-16,29-30H,13-14,17-18H2. The molecule has 0 spiro atoms. The average molecular weight is 463 g/mol. The van der Waals surface area contributed by atoms with E-state index in [0.29, 0.717) is 13.1 Å². The lowest BCUT2D eigenvalue weighted by Gasteiger charge is -2.08. The minimum atomic E-state index is -0.230.